The van der Waals surface area contributed by atoms with Gasteiger partial charge in [0.15, 0.2) is 0 Å². The molecule has 0 aromatic heterocycles. The van der Waals surface area contributed by atoms with E-state index in [1.807, 2.05) is 6.08 Å². The first-order chi connectivity index (χ1) is 6.99. The van der Waals surface area contributed by atoms with Gasteiger partial charge in [-0.05, 0) is 35.8 Å². The third-order valence-electron chi connectivity index (χ3n) is 3.08. The molecular formula is C15H22. The van der Waals surface area contributed by atoms with Gasteiger partial charge >= 0.3 is 0 Å². The second-order valence-electron chi connectivity index (χ2n) is 5.17. The van der Waals surface area contributed by atoms with Gasteiger partial charge in [0.2, 0.25) is 0 Å². The van der Waals surface area contributed by atoms with Crippen LogP contribution in [0, 0.1) is 11.3 Å². The van der Waals surface area contributed by atoms with Crippen LogP contribution in [0.1, 0.15) is 34.1 Å². The van der Waals surface area contributed by atoms with Crippen LogP contribution in [0.25, 0.3) is 0 Å². The van der Waals surface area contributed by atoms with Gasteiger partial charge in [-0.25, -0.2) is 0 Å². The van der Waals surface area contributed by atoms with Crippen LogP contribution in [0.4, 0.5) is 0 Å². The van der Waals surface area contributed by atoms with E-state index in [0.717, 1.165) is 6.42 Å². The molecule has 82 valence electrons. The molecule has 0 N–H and O–H groups in total. The molecule has 0 bridgehead atoms. The maximum absolute atomic E-state index is 3.83. The molecule has 0 saturated carbocycles. The summed E-state index contributed by atoms with van der Waals surface area (Å²) in [6.45, 7) is 12.8. The van der Waals surface area contributed by atoms with E-state index in [-0.39, 0.29) is 0 Å². The Hall–Kier alpha value is -1.04. The highest BCUT2D eigenvalue weighted by molar-refractivity contribution is 5.47. The van der Waals surface area contributed by atoms with E-state index in [1.165, 1.54) is 11.1 Å². The summed E-state index contributed by atoms with van der Waals surface area (Å²) < 4.78 is 0. The highest BCUT2D eigenvalue weighted by Gasteiger charge is 2.22. The predicted octanol–water partition coefficient (Wildman–Crippen LogP) is 4.67. The van der Waals surface area contributed by atoms with Gasteiger partial charge in [-0.15, -0.1) is 0 Å². The largest absolute Gasteiger partial charge is 0.0985 e. The molecule has 0 aliphatic heterocycles. The van der Waals surface area contributed by atoms with Crippen molar-refractivity contribution in [3.05, 3.63) is 48.1 Å². The third-order valence-corrected chi connectivity index (χ3v) is 3.08. The van der Waals surface area contributed by atoms with Gasteiger partial charge in [0.1, 0.15) is 0 Å². The van der Waals surface area contributed by atoms with Crippen LogP contribution in [-0.2, 0) is 0 Å². The fraction of sp³-hybridized carbons (Fsp3) is 0.467. The summed E-state index contributed by atoms with van der Waals surface area (Å²) in [5.74, 6) is 0.657. The Balaban J connectivity index is 2.78. The molecule has 0 radical (unpaired) electrons. The SMILES string of the molecule is C=C/C(=C\C)C1=CC[C@H](C(C)(C)C)C=C1. The summed E-state index contributed by atoms with van der Waals surface area (Å²) in [4.78, 5) is 0. The van der Waals surface area contributed by atoms with Crippen molar-refractivity contribution in [2.45, 2.75) is 34.1 Å². The van der Waals surface area contributed by atoms with Gasteiger partial charge in [0.25, 0.3) is 0 Å². The molecule has 1 rings (SSSR count). The molecule has 0 amide bonds. The first-order valence-electron chi connectivity index (χ1n) is 5.66. The highest BCUT2D eigenvalue weighted by atomic mass is 14.3. The number of hydrogen-bond acceptors (Lipinski definition) is 0. The van der Waals surface area contributed by atoms with Crippen molar-refractivity contribution in [1.29, 1.82) is 0 Å². The standard InChI is InChI=1S/C15H22/c1-6-12(7-2)13-8-10-14(11-9-13)15(3,4)5/h6-10,14H,1,11H2,2-5H3/b12-7+/t14-/m1/s1. The summed E-state index contributed by atoms with van der Waals surface area (Å²) >= 11 is 0. The molecule has 0 aromatic rings. The molecule has 1 atom stereocenters. The Bertz CT molecular complexity index is 318. The maximum atomic E-state index is 3.83. The van der Waals surface area contributed by atoms with Crippen LogP contribution in [0.15, 0.2) is 48.1 Å². The lowest BCUT2D eigenvalue weighted by molar-refractivity contribution is 0.293. The zero-order valence-electron chi connectivity index (χ0n) is 10.4. The average molecular weight is 202 g/mol. The molecule has 0 heteroatoms. The molecule has 1 aliphatic carbocycles. The van der Waals surface area contributed by atoms with Crippen molar-refractivity contribution in [2.24, 2.45) is 11.3 Å². The molecule has 15 heavy (non-hydrogen) atoms. The molecule has 0 unspecified atom stereocenters. The Morgan fingerprint density at radius 1 is 1.47 bits per heavy atom. The molecule has 1 aliphatic rings. The van der Waals surface area contributed by atoms with E-state index in [9.17, 15) is 0 Å². The van der Waals surface area contributed by atoms with Gasteiger partial charge < -0.3 is 0 Å². The smallest absolute Gasteiger partial charge is 0.0147 e. The summed E-state index contributed by atoms with van der Waals surface area (Å²) in [7, 11) is 0. The topological polar surface area (TPSA) is 0 Å². The minimum atomic E-state index is 0.364. The van der Waals surface area contributed by atoms with Gasteiger partial charge in [-0.3, -0.25) is 0 Å². The first-order valence-corrected chi connectivity index (χ1v) is 5.66. The molecule has 0 spiro atoms. The molecule has 0 heterocycles. The lowest BCUT2D eigenvalue weighted by Gasteiger charge is -2.29. The monoisotopic (exact) mass is 202 g/mol. The zero-order chi connectivity index (χ0) is 11.5. The fourth-order valence-electron chi connectivity index (χ4n) is 1.88. The van der Waals surface area contributed by atoms with E-state index in [2.05, 4.69) is 58.6 Å². The zero-order valence-corrected chi connectivity index (χ0v) is 10.4. The summed E-state index contributed by atoms with van der Waals surface area (Å²) in [6.07, 6.45) is 12.1. The van der Waals surface area contributed by atoms with E-state index in [0.29, 0.717) is 11.3 Å². The maximum Gasteiger partial charge on any atom is -0.0147 e. The third kappa shape index (κ3) is 2.95. The minimum absolute atomic E-state index is 0.364. The number of allylic oxidation sites excluding steroid dienone is 7. The Labute approximate surface area is 94.1 Å². The Morgan fingerprint density at radius 3 is 2.47 bits per heavy atom. The van der Waals surface area contributed by atoms with Crippen LogP contribution < -0.4 is 0 Å². The second kappa shape index (κ2) is 4.65. The average Bonchev–Trinajstić information content (AvgIpc) is 2.19. The first kappa shape index (κ1) is 12.0. The quantitative estimate of drug-likeness (QED) is 0.571. The van der Waals surface area contributed by atoms with Gasteiger partial charge in [-0.1, -0.05) is 57.7 Å². The minimum Gasteiger partial charge on any atom is -0.0985 e. The Morgan fingerprint density at radius 2 is 2.13 bits per heavy atom. The number of hydrogen-bond donors (Lipinski definition) is 0. The molecule has 0 aromatic carbocycles. The van der Waals surface area contributed by atoms with E-state index >= 15 is 0 Å². The van der Waals surface area contributed by atoms with Crippen LogP contribution in [0.2, 0.25) is 0 Å². The summed E-state index contributed by atoms with van der Waals surface area (Å²) in [5, 5.41) is 0. The van der Waals surface area contributed by atoms with E-state index in [4.69, 9.17) is 0 Å². The van der Waals surface area contributed by atoms with Crippen molar-refractivity contribution in [1.82, 2.24) is 0 Å². The van der Waals surface area contributed by atoms with Gasteiger partial charge in [-0.2, -0.15) is 0 Å². The van der Waals surface area contributed by atoms with E-state index < -0.39 is 0 Å². The van der Waals surface area contributed by atoms with Crippen molar-refractivity contribution in [3.8, 4) is 0 Å². The Kier molecular flexibility index (Phi) is 3.73. The van der Waals surface area contributed by atoms with Crippen LogP contribution in [-0.4, -0.2) is 0 Å². The summed E-state index contributed by atoms with van der Waals surface area (Å²) in [5.41, 5.74) is 2.91. The molecular weight excluding hydrogens is 180 g/mol. The number of rotatable bonds is 2. The van der Waals surface area contributed by atoms with Crippen molar-refractivity contribution < 1.29 is 0 Å². The molecule has 0 saturated heterocycles. The van der Waals surface area contributed by atoms with Crippen LogP contribution >= 0.6 is 0 Å². The summed E-state index contributed by atoms with van der Waals surface area (Å²) in [6, 6.07) is 0. The lowest BCUT2D eigenvalue weighted by atomic mass is 9.76. The van der Waals surface area contributed by atoms with Gasteiger partial charge in [0.05, 0.1) is 0 Å². The van der Waals surface area contributed by atoms with E-state index in [1.54, 1.807) is 0 Å². The van der Waals surface area contributed by atoms with Gasteiger partial charge in [0, 0.05) is 0 Å². The normalized spacial score (nSPS) is 22.5. The predicted molar refractivity (Wildman–Crippen MR) is 68.7 cm³/mol. The second-order valence-corrected chi connectivity index (χ2v) is 5.17. The van der Waals surface area contributed by atoms with Crippen LogP contribution in [0.5, 0.6) is 0 Å². The van der Waals surface area contributed by atoms with Crippen molar-refractivity contribution in [2.75, 3.05) is 0 Å². The van der Waals surface area contributed by atoms with Crippen molar-refractivity contribution in [3.63, 3.8) is 0 Å². The molecule has 0 nitrogen and oxygen atoms in total. The fourth-order valence-corrected chi connectivity index (χ4v) is 1.88. The molecule has 0 fully saturated rings. The highest BCUT2D eigenvalue weighted by Crippen LogP contribution is 2.34. The lowest BCUT2D eigenvalue weighted by Crippen LogP contribution is -2.19. The van der Waals surface area contributed by atoms with Crippen LogP contribution in [0.3, 0.4) is 0 Å². The van der Waals surface area contributed by atoms with Crippen molar-refractivity contribution >= 4 is 0 Å².